The van der Waals surface area contributed by atoms with E-state index >= 15 is 0 Å². The van der Waals surface area contributed by atoms with Gasteiger partial charge in [0, 0.05) is 13.1 Å². The van der Waals surface area contributed by atoms with Crippen LogP contribution in [-0.2, 0) is 6.54 Å². The van der Waals surface area contributed by atoms with Gasteiger partial charge in [-0.25, -0.2) is 0 Å². The molecule has 1 aromatic rings. The summed E-state index contributed by atoms with van der Waals surface area (Å²) in [5.41, 5.74) is 1.07. The zero-order chi connectivity index (χ0) is 12.7. The summed E-state index contributed by atoms with van der Waals surface area (Å²) >= 11 is 0. The summed E-state index contributed by atoms with van der Waals surface area (Å²) in [6.45, 7) is 5.14. The number of ether oxygens (including phenoxy) is 3. The van der Waals surface area contributed by atoms with E-state index in [-0.39, 0.29) is 12.4 Å². The van der Waals surface area contributed by atoms with Crippen molar-refractivity contribution in [2.45, 2.75) is 6.54 Å². The molecular formula is C13H20ClNO3. The molecule has 0 spiro atoms. The van der Waals surface area contributed by atoms with Gasteiger partial charge in [0.15, 0.2) is 11.5 Å². The highest BCUT2D eigenvalue weighted by molar-refractivity contribution is 5.85. The Morgan fingerprint density at radius 1 is 1.11 bits per heavy atom. The molecule has 0 unspecified atom stereocenters. The van der Waals surface area contributed by atoms with Gasteiger partial charge in [0.05, 0.1) is 21.3 Å². The van der Waals surface area contributed by atoms with Crippen LogP contribution in [0.3, 0.4) is 0 Å². The minimum Gasteiger partial charge on any atom is -0.493 e. The molecule has 0 atom stereocenters. The maximum atomic E-state index is 5.27. The molecule has 102 valence electrons. The Morgan fingerprint density at radius 2 is 1.67 bits per heavy atom. The molecule has 0 amide bonds. The molecule has 0 aliphatic carbocycles. The quantitative estimate of drug-likeness (QED) is 0.612. The minimum absolute atomic E-state index is 0. The largest absolute Gasteiger partial charge is 0.493 e. The lowest BCUT2D eigenvalue weighted by Crippen LogP contribution is -2.12. The van der Waals surface area contributed by atoms with Gasteiger partial charge in [-0.15, -0.1) is 19.0 Å². The summed E-state index contributed by atoms with van der Waals surface area (Å²) in [6, 6.07) is 3.86. The lowest BCUT2D eigenvalue weighted by atomic mass is 10.2. The third-order valence-corrected chi connectivity index (χ3v) is 2.34. The zero-order valence-electron chi connectivity index (χ0n) is 11.0. The van der Waals surface area contributed by atoms with E-state index in [9.17, 15) is 0 Å². The van der Waals surface area contributed by atoms with Gasteiger partial charge in [-0.3, -0.25) is 0 Å². The Bertz CT molecular complexity index is 357. The average Bonchev–Trinajstić information content (AvgIpc) is 2.37. The number of halogens is 1. The Balaban J connectivity index is 0.00000289. The Labute approximate surface area is 114 Å². The second-order valence-corrected chi connectivity index (χ2v) is 3.45. The summed E-state index contributed by atoms with van der Waals surface area (Å²) in [6.07, 6.45) is 1.82. The predicted molar refractivity (Wildman–Crippen MR) is 75.2 cm³/mol. The van der Waals surface area contributed by atoms with Crippen LogP contribution in [0.15, 0.2) is 24.8 Å². The minimum atomic E-state index is 0. The van der Waals surface area contributed by atoms with Crippen molar-refractivity contribution in [1.29, 1.82) is 0 Å². The summed E-state index contributed by atoms with van der Waals surface area (Å²) < 4.78 is 15.8. The number of nitrogens with one attached hydrogen (secondary N) is 1. The molecule has 0 aromatic heterocycles. The van der Waals surface area contributed by atoms with Crippen LogP contribution in [0.1, 0.15) is 5.56 Å². The van der Waals surface area contributed by atoms with E-state index in [1.54, 1.807) is 21.3 Å². The van der Waals surface area contributed by atoms with Crippen molar-refractivity contribution in [3.8, 4) is 17.2 Å². The first-order valence-electron chi connectivity index (χ1n) is 5.37. The van der Waals surface area contributed by atoms with Crippen LogP contribution in [0.2, 0.25) is 0 Å². The number of benzene rings is 1. The fourth-order valence-electron chi connectivity index (χ4n) is 1.56. The maximum absolute atomic E-state index is 5.27. The third kappa shape index (κ3) is 4.13. The first kappa shape index (κ1) is 16.6. The predicted octanol–water partition coefficient (Wildman–Crippen LogP) is 2.41. The molecule has 0 aliphatic rings. The van der Waals surface area contributed by atoms with Gasteiger partial charge in [0.25, 0.3) is 0 Å². The van der Waals surface area contributed by atoms with E-state index in [4.69, 9.17) is 14.2 Å². The highest BCUT2D eigenvalue weighted by Crippen LogP contribution is 2.38. The smallest absolute Gasteiger partial charge is 0.203 e. The molecule has 5 heteroatoms. The molecule has 0 bridgehead atoms. The summed E-state index contributed by atoms with van der Waals surface area (Å²) in [7, 11) is 4.81. The van der Waals surface area contributed by atoms with Crippen LogP contribution in [0.5, 0.6) is 17.2 Å². The van der Waals surface area contributed by atoms with Crippen LogP contribution in [0.4, 0.5) is 0 Å². The standard InChI is InChI=1S/C13H19NO3.ClH/c1-5-6-14-9-10-7-11(15-2)13(17-4)12(8-10)16-3;/h5,7-8,14H,1,6,9H2,2-4H3;1H. The van der Waals surface area contributed by atoms with Crippen molar-refractivity contribution in [3.63, 3.8) is 0 Å². The van der Waals surface area contributed by atoms with Gasteiger partial charge < -0.3 is 19.5 Å². The topological polar surface area (TPSA) is 39.7 Å². The van der Waals surface area contributed by atoms with Crippen LogP contribution in [0.25, 0.3) is 0 Å². The van der Waals surface area contributed by atoms with Crippen molar-refractivity contribution < 1.29 is 14.2 Å². The van der Waals surface area contributed by atoms with Crippen molar-refractivity contribution >= 4 is 12.4 Å². The number of hydrogen-bond acceptors (Lipinski definition) is 4. The van der Waals surface area contributed by atoms with Crippen molar-refractivity contribution in [3.05, 3.63) is 30.4 Å². The van der Waals surface area contributed by atoms with Crippen molar-refractivity contribution in [2.24, 2.45) is 0 Å². The average molecular weight is 274 g/mol. The number of methoxy groups -OCH3 is 3. The second kappa shape index (κ2) is 8.66. The Morgan fingerprint density at radius 3 is 2.06 bits per heavy atom. The zero-order valence-corrected chi connectivity index (χ0v) is 11.8. The van der Waals surface area contributed by atoms with E-state index in [0.717, 1.165) is 18.7 Å². The highest BCUT2D eigenvalue weighted by atomic mass is 35.5. The van der Waals surface area contributed by atoms with E-state index in [0.29, 0.717) is 17.2 Å². The first-order valence-corrected chi connectivity index (χ1v) is 5.37. The summed E-state index contributed by atoms with van der Waals surface area (Å²) in [5.74, 6) is 1.95. The number of hydrogen-bond donors (Lipinski definition) is 1. The van der Waals surface area contributed by atoms with Gasteiger partial charge in [0.1, 0.15) is 0 Å². The maximum Gasteiger partial charge on any atom is 0.203 e. The molecule has 18 heavy (non-hydrogen) atoms. The second-order valence-electron chi connectivity index (χ2n) is 3.45. The SMILES string of the molecule is C=CCNCc1cc(OC)c(OC)c(OC)c1.Cl. The number of rotatable bonds is 7. The first-order chi connectivity index (χ1) is 8.26. The molecule has 1 N–H and O–H groups in total. The molecule has 0 fully saturated rings. The normalized spacial score (nSPS) is 9.28. The molecule has 0 heterocycles. The lowest BCUT2D eigenvalue weighted by Gasteiger charge is -2.14. The Hall–Kier alpha value is -1.39. The molecular weight excluding hydrogens is 254 g/mol. The van der Waals surface area contributed by atoms with E-state index in [1.165, 1.54) is 0 Å². The fraction of sp³-hybridized carbons (Fsp3) is 0.385. The van der Waals surface area contributed by atoms with Gasteiger partial charge in [-0.1, -0.05) is 6.08 Å². The van der Waals surface area contributed by atoms with Crippen LogP contribution in [0, 0.1) is 0 Å². The Kier molecular flexibility index (Phi) is 8.00. The lowest BCUT2D eigenvalue weighted by molar-refractivity contribution is 0.323. The third-order valence-electron chi connectivity index (χ3n) is 2.34. The fourth-order valence-corrected chi connectivity index (χ4v) is 1.56. The molecule has 0 aliphatic heterocycles. The molecule has 0 saturated heterocycles. The van der Waals surface area contributed by atoms with Crippen LogP contribution >= 0.6 is 12.4 Å². The van der Waals surface area contributed by atoms with Crippen LogP contribution in [-0.4, -0.2) is 27.9 Å². The van der Waals surface area contributed by atoms with Gasteiger partial charge in [-0.2, -0.15) is 0 Å². The van der Waals surface area contributed by atoms with E-state index in [1.807, 2.05) is 18.2 Å². The summed E-state index contributed by atoms with van der Waals surface area (Å²) in [4.78, 5) is 0. The van der Waals surface area contributed by atoms with Gasteiger partial charge in [-0.05, 0) is 17.7 Å². The molecule has 4 nitrogen and oxygen atoms in total. The van der Waals surface area contributed by atoms with Crippen molar-refractivity contribution in [2.75, 3.05) is 27.9 Å². The highest BCUT2D eigenvalue weighted by Gasteiger charge is 2.12. The monoisotopic (exact) mass is 273 g/mol. The molecule has 1 rings (SSSR count). The van der Waals surface area contributed by atoms with E-state index < -0.39 is 0 Å². The van der Waals surface area contributed by atoms with Gasteiger partial charge in [0.2, 0.25) is 5.75 Å². The molecule has 0 radical (unpaired) electrons. The van der Waals surface area contributed by atoms with Crippen molar-refractivity contribution in [1.82, 2.24) is 5.32 Å². The van der Waals surface area contributed by atoms with Gasteiger partial charge >= 0.3 is 0 Å². The van der Waals surface area contributed by atoms with Crippen LogP contribution < -0.4 is 19.5 Å². The van der Waals surface area contributed by atoms with E-state index in [2.05, 4.69) is 11.9 Å². The summed E-state index contributed by atoms with van der Waals surface area (Å²) in [5, 5.41) is 3.22. The molecule has 1 aromatic carbocycles. The molecule has 0 saturated carbocycles.